The Hall–Kier alpha value is -0.810. The quantitative estimate of drug-likeness (QED) is 0.806. The van der Waals surface area contributed by atoms with Crippen LogP contribution in [0.5, 0.6) is 0 Å². The first-order chi connectivity index (χ1) is 8.40. The second-order valence-electron chi connectivity index (χ2n) is 5.84. The number of amides is 1. The Bertz CT molecular complexity index is 256. The molecule has 0 spiro atoms. The van der Waals surface area contributed by atoms with Gasteiger partial charge in [0, 0.05) is 13.2 Å². The van der Waals surface area contributed by atoms with Crippen molar-refractivity contribution in [2.45, 2.75) is 51.7 Å². The van der Waals surface area contributed by atoms with E-state index in [-0.39, 0.29) is 12.6 Å². The van der Waals surface area contributed by atoms with Crippen molar-refractivity contribution in [2.24, 2.45) is 5.92 Å². The molecule has 5 nitrogen and oxygen atoms in total. The van der Waals surface area contributed by atoms with E-state index in [4.69, 9.17) is 9.47 Å². The van der Waals surface area contributed by atoms with Gasteiger partial charge in [-0.15, -0.1) is 0 Å². The van der Waals surface area contributed by atoms with Gasteiger partial charge in [0.25, 0.3) is 0 Å². The topological polar surface area (TPSA) is 67.8 Å². The van der Waals surface area contributed by atoms with Crippen LogP contribution in [0.1, 0.15) is 40.0 Å². The fraction of sp³-hybridized carbons (Fsp3) is 0.923. The average molecular weight is 259 g/mol. The van der Waals surface area contributed by atoms with E-state index >= 15 is 0 Å². The number of hydrogen-bond donors (Lipinski definition) is 2. The molecular formula is C13H25NO4. The third-order valence-electron chi connectivity index (χ3n) is 2.81. The van der Waals surface area contributed by atoms with Gasteiger partial charge in [0.05, 0.1) is 12.6 Å². The van der Waals surface area contributed by atoms with Crippen LogP contribution in [0.15, 0.2) is 0 Å². The zero-order valence-corrected chi connectivity index (χ0v) is 11.6. The molecule has 1 saturated heterocycles. The summed E-state index contributed by atoms with van der Waals surface area (Å²) in [5.74, 6) is 0.408. The number of nitrogens with one attached hydrogen (secondary N) is 1. The van der Waals surface area contributed by atoms with Gasteiger partial charge in [-0.25, -0.2) is 4.79 Å². The lowest BCUT2D eigenvalue weighted by molar-refractivity contribution is 0.0343. The number of hydrogen-bond acceptors (Lipinski definition) is 4. The molecular weight excluding hydrogens is 234 g/mol. The monoisotopic (exact) mass is 259 g/mol. The molecule has 1 fully saturated rings. The summed E-state index contributed by atoms with van der Waals surface area (Å²) in [4.78, 5) is 11.6. The smallest absolute Gasteiger partial charge is 0.407 e. The van der Waals surface area contributed by atoms with Crippen molar-refractivity contribution in [1.29, 1.82) is 0 Å². The van der Waals surface area contributed by atoms with Crippen molar-refractivity contribution >= 4 is 6.09 Å². The molecule has 1 rings (SSSR count). The summed E-state index contributed by atoms with van der Waals surface area (Å²) in [7, 11) is 0. The van der Waals surface area contributed by atoms with Gasteiger partial charge >= 0.3 is 6.09 Å². The number of aliphatic hydroxyl groups is 1. The zero-order chi connectivity index (χ0) is 13.6. The van der Waals surface area contributed by atoms with Gasteiger partial charge in [-0.2, -0.15) is 0 Å². The van der Waals surface area contributed by atoms with E-state index in [1.165, 1.54) is 0 Å². The van der Waals surface area contributed by atoms with Crippen LogP contribution >= 0.6 is 0 Å². The van der Waals surface area contributed by atoms with Crippen LogP contribution in [0.2, 0.25) is 0 Å². The summed E-state index contributed by atoms with van der Waals surface area (Å²) in [6.45, 7) is 6.91. The van der Waals surface area contributed by atoms with Gasteiger partial charge < -0.3 is 19.9 Å². The molecule has 1 aliphatic rings. The fourth-order valence-corrected chi connectivity index (χ4v) is 2.05. The lowest BCUT2D eigenvalue weighted by atomic mass is 9.95. The number of carbonyl (C=O) groups excluding carboxylic acids is 1. The van der Waals surface area contributed by atoms with Crippen molar-refractivity contribution < 1.29 is 19.4 Å². The molecule has 1 aliphatic heterocycles. The molecule has 0 saturated carbocycles. The Morgan fingerprint density at radius 3 is 2.78 bits per heavy atom. The van der Waals surface area contributed by atoms with Crippen LogP contribution in [-0.4, -0.2) is 42.7 Å². The number of alkyl carbamates (subject to hydrolysis) is 1. The SMILES string of the molecule is CC(C)(C)OC(=O)N[C@@H](CO)CC1CCCOC1. The van der Waals surface area contributed by atoms with Gasteiger partial charge in [0.2, 0.25) is 0 Å². The fourth-order valence-electron chi connectivity index (χ4n) is 2.05. The van der Waals surface area contributed by atoms with Crippen LogP contribution in [0.25, 0.3) is 0 Å². The molecule has 2 atom stereocenters. The summed E-state index contributed by atoms with van der Waals surface area (Å²) in [6, 6.07) is -0.258. The maximum atomic E-state index is 11.6. The highest BCUT2D eigenvalue weighted by molar-refractivity contribution is 5.68. The maximum Gasteiger partial charge on any atom is 0.407 e. The van der Waals surface area contributed by atoms with Crippen molar-refractivity contribution in [1.82, 2.24) is 5.32 Å². The second-order valence-corrected chi connectivity index (χ2v) is 5.84. The Labute approximate surface area is 109 Å². The Kier molecular flexibility index (Phi) is 5.88. The minimum absolute atomic E-state index is 0.0737. The van der Waals surface area contributed by atoms with Crippen LogP contribution in [0.3, 0.4) is 0 Å². The van der Waals surface area contributed by atoms with E-state index in [1.807, 2.05) is 20.8 Å². The maximum absolute atomic E-state index is 11.6. The van der Waals surface area contributed by atoms with Crippen molar-refractivity contribution in [3.05, 3.63) is 0 Å². The average Bonchev–Trinajstić information content (AvgIpc) is 2.27. The first kappa shape index (κ1) is 15.2. The lowest BCUT2D eigenvalue weighted by Crippen LogP contribution is -2.42. The summed E-state index contributed by atoms with van der Waals surface area (Å²) >= 11 is 0. The number of aliphatic hydroxyl groups excluding tert-OH is 1. The summed E-state index contributed by atoms with van der Waals surface area (Å²) in [5.41, 5.74) is -0.516. The van der Waals surface area contributed by atoms with E-state index in [1.54, 1.807) is 0 Å². The summed E-state index contributed by atoms with van der Waals surface area (Å²) in [5, 5.41) is 12.0. The minimum Gasteiger partial charge on any atom is -0.444 e. The molecule has 0 aromatic rings. The zero-order valence-electron chi connectivity index (χ0n) is 11.6. The minimum atomic E-state index is -0.516. The third kappa shape index (κ3) is 6.21. The van der Waals surface area contributed by atoms with Gasteiger partial charge in [0.15, 0.2) is 0 Å². The van der Waals surface area contributed by atoms with Gasteiger partial charge in [0.1, 0.15) is 5.60 Å². The molecule has 1 heterocycles. The Morgan fingerprint density at radius 2 is 2.28 bits per heavy atom. The molecule has 0 aromatic heterocycles. The summed E-state index contributed by atoms with van der Waals surface area (Å²) in [6.07, 6.45) is 2.40. The van der Waals surface area contributed by atoms with E-state index in [2.05, 4.69) is 5.32 Å². The van der Waals surface area contributed by atoms with Gasteiger partial charge in [-0.1, -0.05) is 0 Å². The molecule has 106 valence electrons. The molecule has 18 heavy (non-hydrogen) atoms. The van der Waals surface area contributed by atoms with Crippen LogP contribution in [0.4, 0.5) is 4.79 Å². The molecule has 0 radical (unpaired) electrons. The molecule has 0 aliphatic carbocycles. The van der Waals surface area contributed by atoms with Crippen molar-refractivity contribution in [2.75, 3.05) is 19.8 Å². The number of rotatable bonds is 4. The van der Waals surface area contributed by atoms with Crippen LogP contribution < -0.4 is 5.32 Å². The Balaban J connectivity index is 2.34. The second kappa shape index (κ2) is 6.95. The largest absolute Gasteiger partial charge is 0.444 e. The first-order valence-electron chi connectivity index (χ1n) is 6.59. The highest BCUT2D eigenvalue weighted by Gasteiger charge is 2.23. The predicted octanol–water partition coefficient (Wildman–Crippen LogP) is 1.69. The lowest BCUT2D eigenvalue weighted by Gasteiger charge is -2.27. The molecule has 5 heteroatoms. The number of carbonyl (C=O) groups is 1. The Morgan fingerprint density at radius 1 is 1.56 bits per heavy atom. The van der Waals surface area contributed by atoms with Gasteiger partial charge in [-0.3, -0.25) is 0 Å². The highest BCUT2D eigenvalue weighted by Crippen LogP contribution is 2.19. The normalized spacial score (nSPS) is 22.3. The molecule has 0 bridgehead atoms. The van der Waals surface area contributed by atoms with Crippen LogP contribution in [-0.2, 0) is 9.47 Å². The molecule has 2 N–H and O–H groups in total. The van der Waals surface area contributed by atoms with E-state index in [0.717, 1.165) is 25.9 Å². The molecule has 0 aromatic carbocycles. The van der Waals surface area contributed by atoms with Gasteiger partial charge in [-0.05, 0) is 46.0 Å². The summed E-state index contributed by atoms with van der Waals surface area (Å²) < 4.78 is 10.6. The molecule has 1 amide bonds. The van der Waals surface area contributed by atoms with Crippen molar-refractivity contribution in [3.63, 3.8) is 0 Å². The predicted molar refractivity (Wildman–Crippen MR) is 68.4 cm³/mol. The van der Waals surface area contributed by atoms with E-state index < -0.39 is 11.7 Å². The molecule has 1 unspecified atom stereocenters. The van der Waals surface area contributed by atoms with E-state index in [9.17, 15) is 9.90 Å². The first-order valence-corrected chi connectivity index (χ1v) is 6.59. The van der Waals surface area contributed by atoms with Crippen LogP contribution in [0, 0.1) is 5.92 Å². The number of ether oxygens (including phenoxy) is 2. The standard InChI is InChI=1S/C13H25NO4/c1-13(2,3)18-12(16)14-11(8-15)7-10-5-4-6-17-9-10/h10-11,15H,4-9H2,1-3H3,(H,14,16)/t10?,11-/m1/s1. The van der Waals surface area contributed by atoms with E-state index in [0.29, 0.717) is 12.5 Å². The highest BCUT2D eigenvalue weighted by atomic mass is 16.6. The van der Waals surface area contributed by atoms with Crippen molar-refractivity contribution in [3.8, 4) is 0 Å². The third-order valence-corrected chi connectivity index (χ3v) is 2.81.